The van der Waals surface area contributed by atoms with E-state index in [-0.39, 0.29) is 18.2 Å². The number of methoxy groups -OCH3 is 2. The fourth-order valence-electron chi connectivity index (χ4n) is 3.56. The molecule has 0 saturated carbocycles. The topological polar surface area (TPSA) is 38.8 Å². The van der Waals surface area contributed by atoms with Crippen LogP contribution in [0.5, 0.6) is 11.5 Å². The Labute approximate surface area is 157 Å². The maximum atomic E-state index is 13.3. The number of benzene rings is 2. The Kier molecular flexibility index (Phi) is 5.94. The zero-order valence-electron chi connectivity index (χ0n) is 15.5. The van der Waals surface area contributed by atoms with Gasteiger partial charge in [-0.25, -0.2) is 8.78 Å². The Morgan fingerprint density at radius 3 is 2.52 bits per heavy atom. The number of hydrogen-bond donors (Lipinski definition) is 0. The molecule has 1 aliphatic heterocycles. The van der Waals surface area contributed by atoms with E-state index in [1.807, 2.05) is 11.0 Å². The molecule has 0 N–H and O–H groups in total. The summed E-state index contributed by atoms with van der Waals surface area (Å²) in [6.45, 7) is 1.25. The Balaban J connectivity index is 1.61. The van der Waals surface area contributed by atoms with Gasteiger partial charge in [-0.1, -0.05) is 6.07 Å². The minimum atomic E-state index is -0.567. The Hall–Kier alpha value is -2.63. The van der Waals surface area contributed by atoms with Crippen LogP contribution in [0.1, 0.15) is 17.5 Å². The third-order valence-corrected chi connectivity index (χ3v) is 4.92. The van der Waals surface area contributed by atoms with Crippen molar-refractivity contribution in [2.24, 2.45) is 5.92 Å². The van der Waals surface area contributed by atoms with Gasteiger partial charge >= 0.3 is 0 Å². The summed E-state index contributed by atoms with van der Waals surface area (Å²) in [6.07, 6.45) is 1.63. The number of nitrogens with zero attached hydrogens (tertiary/aromatic N) is 1. The number of carbonyl (C=O) groups excluding carboxylic acids is 1. The van der Waals surface area contributed by atoms with Gasteiger partial charge in [-0.2, -0.15) is 0 Å². The average molecular weight is 375 g/mol. The van der Waals surface area contributed by atoms with Crippen LogP contribution in [0.15, 0.2) is 36.4 Å². The van der Waals surface area contributed by atoms with Crippen molar-refractivity contribution in [1.82, 2.24) is 4.90 Å². The van der Waals surface area contributed by atoms with Crippen LogP contribution in [0, 0.1) is 17.6 Å². The minimum Gasteiger partial charge on any atom is -0.497 e. The number of amides is 1. The first-order valence-electron chi connectivity index (χ1n) is 8.92. The highest BCUT2D eigenvalue weighted by Crippen LogP contribution is 2.27. The molecule has 1 aliphatic rings. The predicted octanol–water partition coefficient (Wildman–Crippen LogP) is 3.62. The van der Waals surface area contributed by atoms with Gasteiger partial charge < -0.3 is 14.4 Å². The molecule has 2 aromatic carbocycles. The molecule has 1 heterocycles. The van der Waals surface area contributed by atoms with Gasteiger partial charge in [-0.05, 0) is 42.5 Å². The third kappa shape index (κ3) is 4.76. The summed E-state index contributed by atoms with van der Waals surface area (Å²) in [5.74, 6) is 0.379. The number of rotatable bonds is 6. The smallest absolute Gasteiger partial charge is 0.227 e. The second kappa shape index (κ2) is 8.37. The maximum Gasteiger partial charge on any atom is 0.227 e. The van der Waals surface area contributed by atoms with Crippen molar-refractivity contribution in [3.63, 3.8) is 0 Å². The van der Waals surface area contributed by atoms with Crippen molar-refractivity contribution in [2.45, 2.75) is 19.3 Å². The lowest BCUT2D eigenvalue weighted by Gasteiger charge is -2.18. The fourth-order valence-corrected chi connectivity index (χ4v) is 3.56. The molecule has 0 spiro atoms. The Morgan fingerprint density at radius 1 is 1.11 bits per heavy atom. The minimum absolute atomic E-state index is 0.0198. The molecule has 6 heteroatoms. The number of carbonyl (C=O) groups is 1. The molecule has 0 bridgehead atoms. The largest absolute Gasteiger partial charge is 0.497 e. The van der Waals surface area contributed by atoms with Crippen LogP contribution in [0.25, 0.3) is 0 Å². The first kappa shape index (κ1) is 19.1. The Morgan fingerprint density at radius 2 is 1.85 bits per heavy atom. The van der Waals surface area contributed by atoms with E-state index < -0.39 is 11.6 Å². The van der Waals surface area contributed by atoms with E-state index in [1.54, 1.807) is 26.4 Å². The van der Waals surface area contributed by atoms with Gasteiger partial charge in [-0.15, -0.1) is 0 Å². The van der Waals surface area contributed by atoms with Crippen LogP contribution in [0.2, 0.25) is 0 Å². The average Bonchev–Trinajstić information content (AvgIpc) is 3.09. The molecule has 4 nitrogen and oxygen atoms in total. The van der Waals surface area contributed by atoms with E-state index in [2.05, 4.69) is 0 Å². The second-order valence-electron chi connectivity index (χ2n) is 6.83. The first-order chi connectivity index (χ1) is 13.0. The van der Waals surface area contributed by atoms with Crippen LogP contribution in [0.3, 0.4) is 0 Å². The van der Waals surface area contributed by atoms with Crippen LogP contribution in [-0.2, 0) is 17.6 Å². The number of ether oxygens (including phenoxy) is 2. The van der Waals surface area contributed by atoms with Crippen LogP contribution in [-0.4, -0.2) is 38.1 Å². The van der Waals surface area contributed by atoms with Gasteiger partial charge in [0.25, 0.3) is 0 Å². The summed E-state index contributed by atoms with van der Waals surface area (Å²) in [5.41, 5.74) is 1.43. The normalized spacial score (nSPS) is 16.4. The molecular weight excluding hydrogens is 352 g/mol. The number of likely N-dealkylation sites (tertiary alicyclic amines) is 1. The van der Waals surface area contributed by atoms with E-state index >= 15 is 0 Å². The molecule has 27 heavy (non-hydrogen) atoms. The zero-order valence-corrected chi connectivity index (χ0v) is 15.5. The van der Waals surface area contributed by atoms with E-state index in [0.29, 0.717) is 36.6 Å². The van der Waals surface area contributed by atoms with E-state index in [1.165, 1.54) is 12.1 Å². The number of hydrogen-bond acceptors (Lipinski definition) is 3. The van der Waals surface area contributed by atoms with Gasteiger partial charge in [0, 0.05) is 30.8 Å². The third-order valence-electron chi connectivity index (χ3n) is 4.92. The molecule has 0 aromatic heterocycles. The van der Waals surface area contributed by atoms with Gasteiger partial charge in [0.1, 0.15) is 23.1 Å². The second-order valence-corrected chi connectivity index (χ2v) is 6.83. The van der Waals surface area contributed by atoms with Gasteiger partial charge in [0.15, 0.2) is 0 Å². The molecule has 1 atom stereocenters. The lowest BCUT2D eigenvalue weighted by Crippen LogP contribution is -2.30. The fraction of sp³-hybridized carbons (Fsp3) is 0.381. The van der Waals surface area contributed by atoms with Crippen molar-refractivity contribution in [2.75, 3.05) is 27.3 Å². The highest BCUT2D eigenvalue weighted by atomic mass is 19.1. The van der Waals surface area contributed by atoms with E-state index in [4.69, 9.17) is 9.47 Å². The first-order valence-corrected chi connectivity index (χ1v) is 8.92. The van der Waals surface area contributed by atoms with Crippen molar-refractivity contribution in [3.05, 3.63) is 59.2 Å². The summed E-state index contributed by atoms with van der Waals surface area (Å²) >= 11 is 0. The molecule has 1 fully saturated rings. The van der Waals surface area contributed by atoms with Crippen LogP contribution >= 0.6 is 0 Å². The summed E-state index contributed by atoms with van der Waals surface area (Å²) in [7, 11) is 3.14. The van der Waals surface area contributed by atoms with Crippen LogP contribution < -0.4 is 9.47 Å². The lowest BCUT2D eigenvalue weighted by atomic mass is 9.98. The van der Waals surface area contributed by atoms with Gasteiger partial charge in [0.05, 0.1) is 20.6 Å². The molecule has 144 valence electrons. The molecular formula is C21H23F2NO3. The molecule has 0 aliphatic carbocycles. The van der Waals surface area contributed by atoms with Crippen molar-refractivity contribution in [3.8, 4) is 11.5 Å². The monoisotopic (exact) mass is 375 g/mol. The van der Waals surface area contributed by atoms with Crippen LogP contribution in [0.4, 0.5) is 8.78 Å². The quantitative estimate of drug-likeness (QED) is 0.774. The highest BCUT2D eigenvalue weighted by molar-refractivity contribution is 5.80. The van der Waals surface area contributed by atoms with Crippen molar-refractivity contribution >= 4 is 5.91 Å². The number of halogens is 2. The Bertz CT molecular complexity index is 805. The molecule has 1 saturated heterocycles. The highest BCUT2D eigenvalue weighted by Gasteiger charge is 2.27. The van der Waals surface area contributed by atoms with Gasteiger partial charge in [-0.3, -0.25) is 4.79 Å². The molecule has 1 amide bonds. The zero-order chi connectivity index (χ0) is 19.4. The predicted molar refractivity (Wildman–Crippen MR) is 98.0 cm³/mol. The standard InChI is InChI=1S/C21H23F2NO3/c1-26-19-4-3-16(20(12-19)27-2)10-21(25)24-6-5-14(13-24)7-15-8-17(22)11-18(23)9-15/h3-4,8-9,11-12,14H,5-7,10,13H2,1-2H3. The summed E-state index contributed by atoms with van der Waals surface area (Å²) in [5, 5.41) is 0. The van der Waals surface area contributed by atoms with E-state index in [0.717, 1.165) is 18.1 Å². The van der Waals surface area contributed by atoms with Crippen molar-refractivity contribution in [1.29, 1.82) is 0 Å². The molecule has 1 unspecified atom stereocenters. The van der Waals surface area contributed by atoms with Crippen molar-refractivity contribution < 1.29 is 23.0 Å². The maximum absolute atomic E-state index is 13.3. The summed E-state index contributed by atoms with van der Waals surface area (Å²) < 4.78 is 37.2. The summed E-state index contributed by atoms with van der Waals surface area (Å²) in [6, 6.07) is 8.98. The molecule has 2 aromatic rings. The lowest BCUT2D eigenvalue weighted by molar-refractivity contribution is -0.129. The van der Waals surface area contributed by atoms with Gasteiger partial charge in [0.2, 0.25) is 5.91 Å². The SMILES string of the molecule is COc1ccc(CC(=O)N2CCC(Cc3cc(F)cc(F)c3)C2)c(OC)c1. The summed E-state index contributed by atoms with van der Waals surface area (Å²) in [4.78, 5) is 14.5. The van der Waals surface area contributed by atoms with E-state index in [9.17, 15) is 13.6 Å². The molecule has 3 rings (SSSR count). The molecule has 0 radical (unpaired) electrons.